The maximum atomic E-state index is 5.14. The molecule has 21 heavy (non-hydrogen) atoms. The molecule has 0 spiro atoms. The van der Waals surface area contributed by atoms with E-state index in [-0.39, 0.29) is 0 Å². The molecule has 1 aromatic rings. The largest absolute Gasteiger partial charge is 0.377 e. The van der Waals surface area contributed by atoms with E-state index in [0.717, 1.165) is 36.5 Å². The number of rotatable bonds is 8. The maximum Gasteiger partial charge on any atom is 0.158 e. The van der Waals surface area contributed by atoms with E-state index in [1.54, 1.807) is 7.11 Å². The fourth-order valence-electron chi connectivity index (χ4n) is 2.93. The highest BCUT2D eigenvalue weighted by Gasteiger charge is 2.13. The van der Waals surface area contributed by atoms with Gasteiger partial charge in [0.1, 0.15) is 18.2 Å². The molecule has 1 heterocycles. The molecule has 1 aliphatic carbocycles. The number of ether oxygens (including phenoxy) is 1. The highest BCUT2D eigenvalue weighted by molar-refractivity contribution is 5.47. The molecule has 5 heteroatoms. The second-order valence-corrected chi connectivity index (χ2v) is 5.74. The summed E-state index contributed by atoms with van der Waals surface area (Å²) >= 11 is 0. The van der Waals surface area contributed by atoms with Crippen molar-refractivity contribution in [2.24, 2.45) is 5.92 Å². The van der Waals surface area contributed by atoms with Crippen LogP contribution in [0.15, 0.2) is 6.07 Å². The van der Waals surface area contributed by atoms with E-state index in [4.69, 9.17) is 4.74 Å². The van der Waals surface area contributed by atoms with Crippen LogP contribution in [0.25, 0.3) is 0 Å². The quantitative estimate of drug-likeness (QED) is 0.768. The average molecular weight is 292 g/mol. The van der Waals surface area contributed by atoms with Gasteiger partial charge in [0.2, 0.25) is 0 Å². The SMILES string of the molecule is CCNc1cc(NCCC2CCCCC2)nc(COC)n1. The molecule has 5 nitrogen and oxygen atoms in total. The topological polar surface area (TPSA) is 59.1 Å². The third-order valence-electron chi connectivity index (χ3n) is 3.99. The molecule has 1 saturated carbocycles. The van der Waals surface area contributed by atoms with Crippen LogP contribution in [0.5, 0.6) is 0 Å². The molecule has 118 valence electrons. The van der Waals surface area contributed by atoms with Gasteiger partial charge in [-0.1, -0.05) is 32.1 Å². The Morgan fingerprint density at radius 1 is 1.14 bits per heavy atom. The molecule has 0 unspecified atom stereocenters. The molecular weight excluding hydrogens is 264 g/mol. The molecule has 1 fully saturated rings. The van der Waals surface area contributed by atoms with Gasteiger partial charge < -0.3 is 15.4 Å². The predicted octanol–water partition coefficient (Wildman–Crippen LogP) is 3.44. The molecular formula is C16H28N4O. The molecule has 0 saturated heterocycles. The highest BCUT2D eigenvalue weighted by Crippen LogP contribution is 2.26. The van der Waals surface area contributed by atoms with Crippen molar-refractivity contribution in [2.45, 2.75) is 52.1 Å². The third kappa shape index (κ3) is 5.50. The van der Waals surface area contributed by atoms with E-state index >= 15 is 0 Å². The summed E-state index contributed by atoms with van der Waals surface area (Å²) in [5, 5.41) is 6.68. The minimum Gasteiger partial charge on any atom is -0.377 e. The molecule has 1 aliphatic rings. The Bertz CT molecular complexity index is 394. The number of nitrogens with zero attached hydrogens (tertiary/aromatic N) is 2. The van der Waals surface area contributed by atoms with Gasteiger partial charge in [-0.2, -0.15) is 0 Å². The molecule has 2 N–H and O–H groups in total. The zero-order chi connectivity index (χ0) is 14.9. The van der Waals surface area contributed by atoms with Crippen molar-refractivity contribution in [3.63, 3.8) is 0 Å². The minimum absolute atomic E-state index is 0.441. The first kappa shape index (κ1) is 16.0. The summed E-state index contributed by atoms with van der Waals surface area (Å²) in [5.41, 5.74) is 0. The standard InChI is InChI=1S/C16H28N4O/c1-3-17-14-11-15(20-16(19-14)12-21-2)18-10-9-13-7-5-4-6-8-13/h11,13H,3-10,12H2,1-2H3,(H2,17,18,19,20). The summed E-state index contributed by atoms with van der Waals surface area (Å²) in [7, 11) is 1.67. The lowest BCUT2D eigenvalue weighted by atomic mass is 9.87. The number of hydrogen-bond acceptors (Lipinski definition) is 5. The summed E-state index contributed by atoms with van der Waals surface area (Å²) < 4.78 is 5.14. The Hall–Kier alpha value is -1.36. The summed E-state index contributed by atoms with van der Waals surface area (Å²) in [6, 6.07) is 1.98. The molecule has 0 aromatic carbocycles. The lowest BCUT2D eigenvalue weighted by Gasteiger charge is -2.21. The molecule has 2 rings (SSSR count). The molecule has 0 aliphatic heterocycles. The van der Waals surface area contributed by atoms with Crippen LogP contribution in [-0.2, 0) is 11.3 Å². The number of hydrogen-bond donors (Lipinski definition) is 2. The second-order valence-electron chi connectivity index (χ2n) is 5.74. The van der Waals surface area contributed by atoms with Crippen LogP contribution in [0.1, 0.15) is 51.3 Å². The van der Waals surface area contributed by atoms with E-state index < -0.39 is 0 Å². The number of aromatic nitrogens is 2. The average Bonchev–Trinajstić information content (AvgIpc) is 2.49. The van der Waals surface area contributed by atoms with E-state index in [9.17, 15) is 0 Å². The van der Waals surface area contributed by atoms with Crippen molar-refractivity contribution in [1.29, 1.82) is 0 Å². The minimum atomic E-state index is 0.441. The van der Waals surface area contributed by atoms with Crippen LogP contribution in [-0.4, -0.2) is 30.2 Å². The molecule has 1 aromatic heterocycles. The van der Waals surface area contributed by atoms with Crippen LogP contribution in [0.4, 0.5) is 11.6 Å². The molecule has 0 amide bonds. The van der Waals surface area contributed by atoms with E-state index in [0.29, 0.717) is 6.61 Å². The monoisotopic (exact) mass is 292 g/mol. The maximum absolute atomic E-state index is 5.14. The van der Waals surface area contributed by atoms with Crippen LogP contribution in [0.3, 0.4) is 0 Å². The summed E-state index contributed by atoms with van der Waals surface area (Å²) in [6.07, 6.45) is 8.25. The molecule has 0 bridgehead atoms. The lowest BCUT2D eigenvalue weighted by Crippen LogP contribution is -2.14. The summed E-state index contributed by atoms with van der Waals surface area (Å²) in [4.78, 5) is 8.92. The van der Waals surface area contributed by atoms with Gasteiger partial charge in [0, 0.05) is 26.3 Å². The lowest BCUT2D eigenvalue weighted by molar-refractivity contribution is 0.178. The first-order valence-electron chi connectivity index (χ1n) is 8.16. The predicted molar refractivity (Wildman–Crippen MR) is 86.6 cm³/mol. The Morgan fingerprint density at radius 2 is 1.86 bits per heavy atom. The van der Waals surface area contributed by atoms with Gasteiger partial charge in [-0.25, -0.2) is 9.97 Å². The van der Waals surface area contributed by atoms with Gasteiger partial charge in [0.25, 0.3) is 0 Å². The summed E-state index contributed by atoms with van der Waals surface area (Å²) in [5.74, 6) is 3.36. The fraction of sp³-hybridized carbons (Fsp3) is 0.750. The highest BCUT2D eigenvalue weighted by atomic mass is 16.5. The third-order valence-corrected chi connectivity index (χ3v) is 3.99. The van der Waals surface area contributed by atoms with Gasteiger partial charge in [0.15, 0.2) is 5.82 Å². The smallest absolute Gasteiger partial charge is 0.158 e. The van der Waals surface area contributed by atoms with E-state index in [1.165, 1.54) is 38.5 Å². The van der Waals surface area contributed by atoms with Crippen LogP contribution in [0, 0.1) is 5.92 Å². The first-order valence-corrected chi connectivity index (χ1v) is 8.16. The van der Waals surface area contributed by atoms with E-state index in [1.807, 2.05) is 6.07 Å². The van der Waals surface area contributed by atoms with Gasteiger partial charge >= 0.3 is 0 Å². The zero-order valence-electron chi connectivity index (χ0n) is 13.3. The van der Waals surface area contributed by atoms with E-state index in [2.05, 4.69) is 27.5 Å². The Balaban J connectivity index is 1.87. The zero-order valence-corrected chi connectivity index (χ0v) is 13.3. The van der Waals surface area contributed by atoms with Gasteiger partial charge in [0.05, 0.1) is 0 Å². The normalized spacial score (nSPS) is 15.9. The number of nitrogens with one attached hydrogen (secondary N) is 2. The number of methoxy groups -OCH3 is 1. The fourth-order valence-corrected chi connectivity index (χ4v) is 2.93. The summed E-state index contributed by atoms with van der Waals surface area (Å²) in [6.45, 7) is 4.34. The number of anilines is 2. The van der Waals surface area contributed by atoms with Crippen molar-refractivity contribution < 1.29 is 4.74 Å². The molecule has 0 atom stereocenters. The van der Waals surface area contributed by atoms with Gasteiger partial charge in [-0.05, 0) is 19.3 Å². The van der Waals surface area contributed by atoms with Crippen LogP contribution in [0.2, 0.25) is 0 Å². The van der Waals surface area contributed by atoms with Crippen molar-refractivity contribution in [1.82, 2.24) is 9.97 Å². The van der Waals surface area contributed by atoms with Gasteiger partial charge in [-0.15, -0.1) is 0 Å². The van der Waals surface area contributed by atoms with Crippen LogP contribution < -0.4 is 10.6 Å². The Kier molecular flexibility index (Phi) is 6.73. The van der Waals surface area contributed by atoms with Crippen molar-refractivity contribution in [2.75, 3.05) is 30.8 Å². The van der Waals surface area contributed by atoms with Crippen molar-refractivity contribution >= 4 is 11.6 Å². The first-order chi connectivity index (χ1) is 10.3. The Labute approximate surface area is 127 Å². The van der Waals surface area contributed by atoms with Crippen molar-refractivity contribution in [3.05, 3.63) is 11.9 Å². The van der Waals surface area contributed by atoms with Gasteiger partial charge in [-0.3, -0.25) is 0 Å². The molecule has 0 radical (unpaired) electrons. The second kappa shape index (κ2) is 8.82. The van der Waals surface area contributed by atoms with Crippen LogP contribution >= 0.6 is 0 Å². The van der Waals surface area contributed by atoms with Crippen molar-refractivity contribution in [3.8, 4) is 0 Å². The Morgan fingerprint density at radius 3 is 2.52 bits per heavy atom.